The van der Waals surface area contributed by atoms with E-state index in [1.165, 1.54) is 0 Å². The van der Waals surface area contributed by atoms with Gasteiger partial charge in [0, 0.05) is 0 Å². The number of para-hydroxylation sites is 1. The molecule has 0 saturated carbocycles. The quantitative estimate of drug-likeness (QED) is 0.286. The number of nitrogens with two attached hydrogens (primary N) is 3. The minimum atomic E-state index is -0.519. The van der Waals surface area contributed by atoms with Crippen LogP contribution in [0.5, 0.6) is 0 Å². The minimum absolute atomic E-state index is 0.172. The summed E-state index contributed by atoms with van der Waals surface area (Å²) in [6.45, 7) is 0.341. The molecule has 0 aliphatic rings. The summed E-state index contributed by atoms with van der Waals surface area (Å²) in [4.78, 5) is 17.6. The summed E-state index contributed by atoms with van der Waals surface area (Å²) in [7, 11) is 4.04. The van der Waals surface area contributed by atoms with Gasteiger partial charge in [0.05, 0.1) is 0 Å². The molecule has 3 aromatic rings. The molecular weight excluding hydrogens is 399 g/mol. The van der Waals surface area contributed by atoms with Gasteiger partial charge in [-0.05, 0) is 0 Å². The molecule has 3 rings (SSSR count). The maximum absolute atomic E-state index is 13.2. The first-order valence-corrected chi connectivity index (χ1v) is 10.8. The fourth-order valence-electron chi connectivity index (χ4n) is 3.49. The zero-order valence-corrected chi connectivity index (χ0v) is 18.2. The van der Waals surface area contributed by atoms with Crippen LogP contribution in [0.1, 0.15) is 18.4 Å². The van der Waals surface area contributed by atoms with Gasteiger partial charge in [-0.15, -0.1) is 0 Å². The third kappa shape index (κ3) is 6.72. The second-order valence-corrected chi connectivity index (χ2v) is 7.99. The van der Waals surface area contributed by atoms with Gasteiger partial charge >= 0.3 is 190 Å². The fraction of sp³-hybridized carbons (Fsp3) is 0.292. The first kappa shape index (κ1) is 23.6. The number of aromatic nitrogens is 1. The van der Waals surface area contributed by atoms with Crippen molar-refractivity contribution in [2.75, 3.05) is 11.9 Å². The molecule has 7 nitrogen and oxygen atoms in total. The molecule has 1 unspecified atom stereocenters. The Labute approximate surface area is 189 Å². The number of pyridine rings is 1. The first-order valence-electron chi connectivity index (χ1n) is 10.8. The number of nitrogens with one attached hydrogen (secondary N) is 2. The van der Waals surface area contributed by atoms with Gasteiger partial charge in [-0.2, -0.15) is 0 Å². The van der Waals surface area contributed by atoms with Crippen LogP contribution in [-0.2, 0) is 11.2 Å². The Morgan fingerprint density at radius 2 is 1.78 bits per heavy atom. The average molecular weight is 430 g/mol. The number of benzene rings is 2. The van der Waals surface area contributed by atoms with Crippen molar-refractivity contribution in [3.05, 3.63) is 72.4 Å². The summed E-state index contributed by atoms with van der Waals surface area (Å²) in [6.07, 6.45) is 3.46. The van der Waals surface area contributed by atoms with Crippen molar-refractivity contribution in [1.82, 2.24) is 10.3 Å². The summed E-state index contributed by atoms with van der Waals surface area (Å²) >= 11 is 0. The standard InChI is InChI=1S/C24H31BN6O/c25-23(20(28)13-18(27)14-26)31-22(11-10-16-6-2-1-3-7-16)24(32)30-19-12-17-8-4-5-9-21(17)29-15-19/h1-9,12,15,18,20,22,25,31H,10-11,13-14,26-28H2,(H,30,32)/t18?,20-,22+/m0/s1. The molecule has 0 fully saturated rings. The number of hydrogen-bond acceptors (Lipinski definition) is 6. The van der Waals surface area contributed by atoms with E-state index in [1.54, 1.807) is 6.20 Å². The van der Waals surface area contributed by atoms with E-state index in [-0.39, 0.29) is 11.9 Å². The van der Waals surface area contributed by atoms with Gasteiger partial charge in [0.25, 0.3) is 0 Å². The van der Waals surface area contributed by atoms with Gasteiger partial charge in [0.15, 0.2) is 0 Å². The molecule has 166 valence electrons. The number of anilines is 1. The van der Waals surface area contributed by atoms with Gasteiger partial charge in [0.2, 0.25) is 0 Å². The molecule has 8 N–H and O–H groups in total. The molecule has 8 heteroatoms. The van der Waals surface area contributed by atoms with E-state index in [9.17, 15) is 4.79 Å². The predicted octanol–water partition coefficient (Wildman–Crippen LogP) is 0.798. The van der Waals surface area contributed by atoms with Crippen LogP contribution >= 0.6 is 0 Å². The Morgan fingerprint density at radius 3 is 2.53 bits per heavy atom. The van der Waals surface area contributed by atoms with Gasteiger partial charge in [0.1, 0.15) is 0 Å². The van der Waals surface area contributed by atoms with Crippen LogP contribution in [0.3, 0.4) is 0 Å². The van der Waals surface area contributed by atoms with E-state index in [0.717, 1.165) is 22.9 Å². The van der Waals surface area contributed by atoms with E-state index >= 15 is 0 Å². The second-order valence-electron chi connectivity index (χ2n) is 7.99. The van der Waals surface area contributed by atoms with Crippen LogP contribution in [0.4, 0.5) is 5.69 Å². The summed E-state index contributed by atoms with van der Waals surface area (Å²) in [5.74, 6) is -0.172. The van der Waals surface area contributed by atoms with Crippen LogP contribution in [0.15, 0.2) is 66.9 Å². The molecular formula is C24H31BN6O. The molecule has 0 spiro atoms. The van der Waals surface area contributed by atoms with Crippen LogP contribution in [0, 0.1) is 0 Å². The van der Waals surface area contributed by atoms with E-state index in [2.05, 4.69) is 23.1 Å². The fourth-order valence-corrected chi connectivity index (χ4v) is 3.49. The number of fused-ring (bicyclic) bond motifs is 1. The van der Waals surface area contributed by atoms with Crippen molar-refractivity contribution in [3.63, 3.8) is 0 Å². The van der Waals surface area contributed by atoms with E-state index in [4.69, 9.17) is 17.2 Å². The number of hydrogen-bond donors (Lipinski definition) is 5. The molecule has 1 aromatic heterocycles. The van der Waals surface area contributed by atoms with E-state index < -0.39 is 12.1 Å². The van der Waals surface area contributed by atoms with E-state index in [1.807, 2.05) is 60.7 Å². The molecule has 0 aliphatic carbocycles. The summed E-state index contributed by atoms with van der Waals surface area (Å²) < 4.78 is 0. The summed E-state index contributed by atoms with van der Waals surface area (Å²) in [5, 5.41) is 7.16. The van der Waals surface area contributed by atoms with Gasteiger partial charge in [-0.3, -0.25) is 0 Å². The van der Waals surface area contributed by atoms with Gasteiger partial charge in [-0.25, -0.2) is 0 Å². The number of carbonyl (C=O) groups excluding carboxylic acids is 1. The number of nitrogens with zero attached hydrogens (tertiary/aromatic N) is 1. The monoisotopic (exact) mass is 430 g/mol. The van der Waals surface area contributed by atoms with Crippen molar-refractivity contribution in [3.8, 4) is 0 Å². The summed E-state index contributed by atoms with van der Waals surface area (Å²) in [5.41, 5.74) is 21.0. The van der Waals surface area contributed by atoms with Gasteiger partial charge in [-0.1, -0.05) is 0 Å². The molecule has 3 atom stereocenters. The first-order chi connectivity index (χ1) is 15.5. The molecule has 1 heterocycles. The van der Waals surface area contributed by atoms with Crippen molar-refractivity contribution >= 4 is 35.6 Å². The van der Waals surface area contributed by atoms with Crippen molar-refractivity contribution < 1.29 is 4.79 Å². The predicted molar refractivity (Wildman–Crippen MR) is 134 cm³/mol. The van der Waals surface area contributed by atoms with Crippen LogP contribution in [-0.4, -0.2) is 48.6 Å². The Balaban J connectivity index is 1.71. The average Bonchev–Trinajstić information content (AvgIpc) is 2.81. The van der Waals surface area contributed by atoms with Crippen LogP contribution in [0.25, 0.3) is 10.9 Å². The SMILES string of the molecule is B=C(N[C@H](CCc1ccccc1)C(=O)Nc1cnc2ccccc2c1)[C@@H](N)CC(N)CN. The molecule has 0 bridgehead atoms. The van der Waals surface area contributed by atoms with Crippen LogP contribution in [0.2, 0.25) is 0 Å². The number of rotatable bonds is 11. The number of aryl methyl sites for hydroxylation is 1. The zero-order valence-electron chi connectivity index (χ0n) is 18.2. The van der Waals surface area contributed by atoms with Gasteiger partial charge < -0.3 is 0 Å². The second kappa shape index (κ2) is 11.5. The molecule has 0 radical (unpaired) electrons. The van der Waals surface area contributed by atoms with Crippen molar-refractivity contribution in [1.29, 1.82) is 0 Å². The molecule has 0 aliphatic heterocycles. The number of carbonyl (C=O) groups is 1. The maximum atomic E-state index is 13.2. The third-order valence-electron chi connectivity index (χ3n) is 5.41. The zero-order chi connectivity index (χ0) is 22.9. The molecule has 32 heavy (non-hydrogen) atoms. The van der Waals surface area contributed by atoms with Crippen LogP contribution < -0.4 is 27.8 Å². The Bertz CT molecular complexity index is 1040. The Kier molecular flexibility index (Phi) is 8.50. The molecule has 2 aromatic carbocycles. The normalized spacial score (nSPS) is 13.8. The number of amides is 1. The molecule has 0 saturated heterocycles. The Hall–Kier alpha value is -3.07. The summed E-state index contributed by atoms with van der Waals surface area (Å²) in [6, 6.07) is 18.6. The van der Waals surface area contributed by atoms with Crippen molar-refractivity contribution in [2.45, 2.75) is 37.4 Å². The molecule has 1 amide bonds. The topological polar surface area (TPSA) is 132 Å². The third-order valence-corrected chi connectivity index (χ3v) is 5.41. The Morgan fingerprint density at radius 1 is 1.06 bits per heavy atom. The van der Waals surface area contributed by atoms with E-state index in [0.29, 0.717) is 30.7 Å². The van der Waals surface area contributed by atoms with Crippen molar-refractivity contribution in [2.24, 2.45) is 17.2 Å².